The molecule has 1 aromatic heterocycles. The molecule has 0 aliphatic carbocycles. The number of aryl methyl sites for hydroxylation is 2. The van der Waals surface area contributed by atoms with Crippen molar-refractivity contribution in [2.24, 2.45) is 5.92 Å². The van der Waals surface area contributed by atoms with Crippen molar-refractivity contribution in [3.8, 4) is 0 Å². The largest absolute Gasteiger partial charge is 0.380 e. The summed E-state index contributed by atoms with van der Waals surface area (Å²) in [5.41, 5.74) is 0.526. The van der Waals surface area contributed by atoms with E-state index in [0.29, 0.717) is 32.0 Å². The van der Waals surface area contributed by atoms with E-state index in [1.165, 1.54) is 0 Å². The fourth-order valence-corrected chi connectivity index (χ4v) is 3.71. The predicted octanol–water partition coefficient (Wildman–Crippen LogP) is 0.0679. The van der Waals surface area contributed by atoms with Gasteiger partial charge in [-0.2, -0.15) is 5.10 Å². The molecule has 21 heavy (non-hydrogen) atoms. The average Bonchev–Trinajstić information content (AvgIpc) is 2.70. The van der Waals surface area contributed by atoms with Gasteiger partial charge in [0.25, 0.3) is 0 Å². The quantitative estimate of drug-likeness (QED) is 0.832. The zero-order valence-electron chi connectivity index (χ0n) is 12.9. The van der Waals surface area contributed by atoms with Crippen LogP contribution >= 0.6 is 0 Å². The number of sulfonamides is 1. The van der Waals surface area contributed by atoms with Crippen LogP contribution in [-0.4, -0.2) is 63.0 Å². The van der Waals surface area contributed by atoms with Gasteiger partial charge in [-0.3, -0.25) is 4.68 Å². The Morgan fingerprint density at radius 1 is 1.52 bits per heavy atom. The molecular formula is C13H24N4O3S. The summed E-state index contributed by atoms with van der Waals surface area (Å²) in [6, 6.07) is 0. The maximum absolute atomic E-state index is 12.4. The van der Waals surface area contributed by atoms with Gasteiger partial charge in [-0.25, -0.2) is 13.1 Å². The van der Waals surface area contributed by atoms with E-state index >= 15 is 0 Å². The Morgan fingerprint density at radius 3 is 2.95 bits per heavy atom. The molecule has 2 heterocycles. The van der Waals surface area contributed by atoms with E-state index in [2.05, 4.69) is 14.7 Å². The predicted molar refractivity (Wildman–Crippen MR) is 79.6 cm³/mol. The van der Waals surface area contributed by atoms with Crippen molar-refractivity contribution >= 4 is 10.0 Å². The van der Waals surface area contributed by atoms with Crippen LogP contribution in [0.3, 0.4) is 0 Å². The fourth-order valence-electron chi connectivity index (χ4n) is 2.41. The van der Waals surface area contributed by atoms with Crippen molar-refractivity contribution < 1.29 is 13.2 Å². The molecule has 1 saturated heterocycles. The van der Waals surface area contributed by atoms with Crippen LogP contribution in [0.4, 0.5) is 0 Å². The van der Waals surface area contributed by atoms with Gasteiger partial charge in [0.2, 0.25) is 10.0 Å². The summed E-state index contributed by atoms with van der Waals surface area (Å²) < 4.78 is 34.6. The lowest BCUT2D eigenvalue weighted by Gasteiger charge is -2.19. The molecule has 2 rings (SSSR count). The van der Waals surface area contributed by atoms with E-state index in [-0.39, 0.29) is 10.8 Å². The molecule has 0 bridgehead atoms. The second kappa shape index (κ2) is 6.87. The first-order valence-electron chi connectivity index (χ1n) is 7.22. The molecular weight excluding hydrogens is 292 g/mol. The van der Waals surface area contributed by atoms with Crippen LogP contribution in [0.5, 0.6) is 0 Å². The lowest BCUT2D eigenvalue weighted by Crippen LogP contribution is -2.36. The first-order chi connectivity index (χ1) is 9.92. The smallest absolute Gasteiger partial charge is 0.243 e. The monoisotopic (exact) mass is 316 g/mol. The Labute approximate surface area is 126 Å². The molecule has 1 aliphatic rings. The summed E-state index contributed by atoms with van der Waals surface area (Å²) in [4.78, 5) is 2.42. The van der Waals surface area contributed by atoms with Crippen LogP contribution in [0.25, 0.3) is 0 Å². The molecule has 1 aromatic rings. The third kappa shape index (κ3) is 4.26. The molecule has 0 saturated carbocycles. The van der Waals surface area contributed by atoms with Crippen molar-refractivity contribution in [3.63, 3.8) is 0 Å². The summed E-state index contributed by atoms with van der Waals surface area (Å²) in [5.74, 6) is 0.161. The molecule has 0 amide bonds. The number of hydrogen-bond acceptors (Lipinski definition) is 5. The van der Waals surface area contributed by atoms with E-state index in [1.54, 1.807) is 17.8 Å². The van der Waals surface area contributed by atoms with Gasteiger partial charge in [0.05, 0.1) is 18.9 Å². The van der Waals surface area contributed by atoms with Gasteiger partial charge >= 0.3 is 0 Å². The minimum absolute atomic E-state index is 0.161. The Hall–Kier alpha value is -0.960. The lowest BCUT2D eigenvalue weighted by atomic mass is 10.1. The van der Waals surface area contributed by atoms with Gasteiger partial charge in [-0.15, -0.1) is 0 Å². The second-order valence-corrected chi connectivity index (χ2v) is 7.22. The SMILES string of the molecule is CCn1cc(S(=O)(=O)NCC2COCCN(C)C2)c(C)n1. The van der Waals surface area contributed by atoms with Gasteiger partial charge in [0.15, 0.2) is 0 Å². The van der Waals surface area contributed by atoms with Crippen molar-refractivity contribution in [1.29, 1.82) is 0 Å². The van der Waals surface area contributed by atoms with Crippen LogP contribution in [-0.2, 0) is 21.3 Å². The maximum Gasteiger partial charge on any atom is 0.243 e. The lowest BCUT2D eigenvalue weighted by molar-refractivity contribution is 0.123. The number of rotatable bonds is 5. The molecule has 0 radical (unpaired) electrons. The minimum atomic E-state index is -3.52. The van der Waals surface area contributed by atoms with E-state index in [1.807, 2.05) is 14.0 Å². The summed E-state index contributed by atoms with van der Waals surface area (Å²) in [6.45, 7) is 7.66. The Balaban J connectivity index is 2.01. The van der Waals surface area contributed by atoms with Crippen LogP contribution in [0.15, 0.2) is 11.1 Å². The molecule has 0 aromatic carbocycles. The van der Waals surface area contributed by atoms with E-state index in [9.17, 15) is 8.42 Å². The summed E-state index contributed by atoms with van der Waals surface area (Å²) in [5, 5.41) is 4.18. The normalized spacial score (nSPS) is 21.4. The van der Waals surface area contributed by atoms with Gasteiger partial charge in [-0.05, 0) is 20.9 Å². The van der Waals surface area contributed by atoms with Gasteiger partial charge in [-0.1, -0.05) is 0 Å². The number of aromatic nitrogens is 2. The molecule has 1 aliphatic heterocycles. The highest BCUT2D eigenvalue weighted by Crippen LogP contribution is 2.14. The molecule has 120 valence electrons. The highest BCUT2D eigenvalue weighted by atomic mass is 32.2. The molecule has 1 atom stereocenters. The molecule has 1 fully saturated rings. The number of likely N-dealkylation sites (N-methyl/N-ethyl adjacent to an activating group) is 1. The highest BCUT2D eigenvalue weighted by Gasteiger charge is 2.23. The molecule has 8 heteroatoms. The van der Waals surface area contributed by atoms with Crippen LogP contribution in [0.1, 0.15) is 12.6 Å². The van der Waals surface area contributed by atoms with Crippen molar-refractivity contribution in [2.45, 2.75) is 25.3 Å². The number of hydrogen-bond donors (Lipinski definition) is 1. The van der Waals surface area contributed by atoms with Crippen molar-refractivity contribution in [1.82, 2.24) is 19.4 Å². The average molecular weight is 316 g/mol. The second-order valence-electron chi connectivity index (χ2n) is 5.49. The van der Waals surface area contributed by atoms with Gasteiger partial charge in [0, 0.05) is 38.3 Å². The van der Waals surface area contributed by atoms with Gasteiger partial charge < -0.3 is 9.64 Å². The van der Waals surface area contributed by atoms with Crippen LogP contribution < -0.4 is 4.72 Å². The van der Waals surface area contributed by atoms with E-state index in [0.717, 1.165) is 13.1 Å². The molecule has 7 nitrogen and oxygen atoms in total. The highest BCUT2D eigenvalue weighted by molar-refractivity contribution is 7.89. The molecule has 0 spiro atoms. The summed E-state index contributed by atoms with van der Waals surface area (Å²) in [6.07, 6.45) is 1.58. The Morgan fingerprint density at radius 2 is 2.29 bits per heavy atom. The number of nitrogens with zero attached hydrogens (tertiary/aromatic N) is 3. The van der Waals surface area contributed by atoms with Gasteiger partial charge in [0.1, 0.15) is 4.90 Å². The van der Waals surface area contributed by atoms with Crippen LogP contribution in [0, 0.1) is 12.8 Å². The van der Waals surface area contributed by atoms with Crippen molar-refractivity contribution in [3.05, 3.63) is 11.9 Å². The van der Waals surface area contributed by atoms with Crippen molar-refractivity contribution in [2.75, 3.05) is 39.9 Å². The first-order valence-corrected chi connectivity index (χ1v) is 8.70. The summed E-state index contributed by atoms with van der Waals surface area (Å²) in [7, 11) is -1.50. The molecule has 1 N–H and O–H groups in total. The fraction of sp³-hybridized carbons (Fsp3) is 0.769. The Kier molecular flexibility index (Phi) is 5.37. The maximum atomic E-state index is 12.4. The topological polar surface area (TPSA) is 76.5 Å². The standard InChI is InChI=1S/C13H24N4O3S/c1-4-17-9-13(11(2)15-17)21(18,19)14-7-12-8-16(3)5-6-20-10-12/h9,12,14H,4-8,10H2,1-3H3. The molecule has 1 unspecified atom stereocenters. The number of ether oxygens (including phenoxy) is 1. The first kappa shape index (κ1) is 16.4. The zero-order chi connectivity index (χ0) is 15.5. The third-order valence-electron chi connectivity index (χ3n) is 3.62. The Bertz CT molecular complexity index is 570. The zero-order valence-corrected chi connectivity index (χ0v) is 13.7. The summed E-state index contributed by atoms with van der Waals surface area (Å²) >= 11 is 0. The van der Waals surface area contributed by atoms with E-state index < -0.39 is 10.0 Å². The van der Waals surface area contributed by atoms with Crippen LogP contribution in [0.2, 0.25) is 0 Å². The number of nitrogens with one attached hydrogen (secondary N) is 1. The minimum Gasteiger partial charge on any atom is -0.380 e. The third-order valence-corrected chi connectivity index (χ3v) is 5.14. The van der Waals surface area contributed by atoms with E-state index in [4.69, 9.17) is 4.74 Å².